The van der Waals surface area contributed by atoms with Crippen molar-refractivity contribution in [2.45, 2.75) is 44.6 Å². The first-order chi connectivity index (χ1) is 11.8. The Morgan fingerprint density at radius 3 is 2.92 bits per heavy atom. The van der Waals surface area contributed by atoms with Gasteiger partial charge in [-0.25, -0.2) is 0 Å². The lowest BCUT2D eigenvalue weighted by atomic mass is 10.0. The van der Waals surface area contributed by atoms with Crippen molar-refractivity contribution in [2.24, 2.45) is 5.92 Å². The van der Waals surface area contributed by atoms with Gasteiger partial charge < -0.3 is 15.0 Å². The van der Waals surface area contributed by atoms with E-state index in [1.165, 1.54) is 12.0 Å². The molecule has 2 atom stereocenters. The highest BCUT2D eigenvalue weighted by atomic mass is 16.5. The molecule has 0 radical (unpaired) electrons. The zero-order valence-corrected chi connectivity index (χ0v) is 14.6. The smallest absolute Gasteiger partial charge is 0.222 e. The molecule has 2 aliphatic rings. The van der Waals surface area contributed by atoms with Gasteiger partial charge in [0.2, 0.25) is 5.91 Å². The minimum absolute atomic E-state index is 0.234. The number of likely N-dealkylation sites (tertiary alicyclic amines) is 1. The molecule has 2 aliphatic heterocycles. The predicted molar refractivity (Wildman–Crippen MR) is 95.9 cm³/mol. The largest absolute Gasteiger partial charge is 0.376 e. The van der Waals surface area contributed by atoms with E-state index in [4.69, 9.17) is 4.74 Å². The lowest BCUT2D eigenvalue weighted by molar-refractivity contribution is -0.131. The number of nitrogens with one attached hydrogen (secondary N) is 1. The van der Waals surface area contributed by atoms with Crippen molar-refractivity contribution in [3.05, 3.63) is 35.9 Å². The zero-order chi connectivity index (χ0) is 16.6. The molecule has 132 valence electrons. The quantitative estimate of drug-likeness (QED) is 0.745. The maximum Gasteiger partial charge on any atom is 0.222 e. The van der Waals surface area contributed by atoms with E-state index in [1.54, 1.807) is 0 Å². The normalized spacial score (nSPS) is 23.8. The number of aryl methyl sites for hydroxylation is 1. The molecule has 2 heterocycles. The third-order valence-corrected chi connectivity index (χ3v) is 5.23. The van der Waals surface area contributed by atoms with Gasteiger partial charge in [0, 0.05) is 26.1 Å². The van der Waals surface area contributed by atoms with Gasteiger partial charge in [-0.2, -0.15) is 0 Å². The summed E-state index contributed by atoms with van der Waals surface area (Å²) in [5.41, 5.74) is 1.37. The number of amides is 1. The van der Waals surface area contributed by atoms with E-state index in [-0.39, 0.29) is 6.10 Å². The molecule has 24 heavy (non-hydrogen) atoms. The summed E-state index contributed by atoms with van der Waals surface area (Å²) in [5, 5.41) is 3.37. The van der Waals surface area contributed by atoms with Crippen LogP contribution in [0.3, 0.4) is 0 Å². The molecule has 0 aliphatic carbocycles. The van der Waals surface area contributed by atoms with E-state index >= 15 is 0 Å². The first-order valence-electron chi connectivity index (χ1n) is 9.45. The maximum atomic E-state index is 12.3. The first-order valence-corrected chi connectivity index (χ1v) is 9.45. The van der Waals surface area contributed by atoms with Crippen LogP contribution in [-0.2, 0) is 16.0 Å². The van der Waals surface area contributed by atoms with Crippen LogP contribution in [0.25, 0.3) is 0 Å². The highest BCUT2D eigenvalue weighted by molar-refractivity contribution is 5.76. The standard InChI is InChI=1S/C20H30N2O2/c23-20(9-8-18-10-12-21-15-18)22-13-11-19(16-22)24-14-4-7-17-5-2-1-3-6-17/h1-3,5-6,18-19,21H,4,7-16H2. The number of ether oxygens (including phenoxy) is 1. The molecule has 1 aromatic carbocycles. The summed E-state index contributed by atoms with van der Waals surface area (Å²) in [4.78, 5) is 14.3. The number of hydrogen-bond acceptors (Lipinski definition) is 3. The van der Waals surface area contributed by atoms with Crippen molar-refractivity contribution in [3.8, 4) is 0 Å². The second-order valence-electron chi connectivity index (χ2n) is 7.11. The first kappa shape index (κ1) is 17.4. The Morgan fingerprint density at radius 1 is 1.25 bits per heavy atom. The van der Waals surface area contributed by atoms with E-state index in [0.717, 1.165) is 58.5 Å². The van der Waals surface area contributed by atoms with Crippen LogP contribution in [0.1, 0.15) is 37.7 Å². The van der Waals surface area contributed by atoms with Crippen molar-refractivity contribution >= 4 is 5.91 Å². The van der Waals surface area contributed by atoms with E-state index in [9.17, 15) is 4.79 Å². The van der Waals surface area contributed by atoms with Crippen LogP contribution in [0.2, 0.25) is 0 Å². The number of hydrogen-bond donors (Lipinski definition) is 1. The molecule has 4 nitrogen and oxygen atoms in total. The summed E-state index contributed by atoms with van der Waals surface area (Å²) < 4.78 is 5.98. The van der Waals surface area contributed by atoms with Crippen LogP contribution in [0.4, 0.5) is 0 Å². The molecule has 0 saturated carbocycles. The third kappa shape index (κ3) is 5.32. The van der Waals surface area contributed by atoms with Crippen LogP contribution in [0.15, 0.2) is 30.3 Å². The maximum absolute atomic E-state index is 12.3. The van der Waals surface area contributed by atoms with Gasteiger partial charge in [-0.1, -0.05) is 30.3 Å². The molecule has 0 bridgehead atoms. The Balaban J connectivity index is 1.28. The van der Waals surface area contributed by atoms with Crippen LogP contribution in [0.5, 0.6) is 0 Å². The molecule has 2 unspecified atom stereocenters. The van der Waals surface area contributed by atoms with Gasteiger partial charge in [0.05, 0.1) is 6.10 Å². The number of rotatable bonds is 8. The molecule has 0 spiro atoms. The van der Waals surface area contributed by atoms with Crippen LogP contribution >= 0.6 is 0 Å². The summed E-state index contributed by atoms with van der Waals surface area (Å²) in [6.07, 6.45) is 6.28. The fourth-order valence-electron chi connectivity index (χ4n) is 3.71. The molecular weight excluding hydrogens is 300 g/mol. The third-order valence-electron chi connectivity index (χ3n) is 5.23. The van der Waals surface area contributed by atoms with Crippen LogP contribution < -0.4 is 5.32 Å². The summed E-state index contributed by atoms with van der Waals surface area (Å²) in [7, 11) is 0. The minimum Gasteiger partial charge on any atom is -0.376 e. The Kier molecular flexibility index (Phi) is 6.67. The van der Waals surface area contributed by atoms with Crippen molar-refractivity contribution < 1.29 is 9.53 Å². The second-order valence-corrected chi connectivity index (χ2v) is 7.11. The van der Waals surface area contributed by atoms with Gasteiger partial charge in [-0.05, 0) is 56.7 Å². The molecule has 1 N–H and O–H groups in total. The van der Waals surface area contributed by atoms with Gasteiger partial charge in [0.25, 0.3) is 0 Å². The van der Waals surface area contributed by atoms with Crippen molar-refractivity contribution in [1.82, 2.24) is 10.2 Å². The number of nitrogens with zero attached hydrogens (tertiary/aromatic N) is 1. The minimum atomic E-state index is 0.234. The Labute approximate surface area is 145 Å². The fourth-order valence-corrected chi connectivity index (χ4v) is 3.71. The summed E-state index contributed by atoms with van der Waals surface area (Å²) in [6, 6.07) is 10.5. The van der Waals surface area contributed by atoms with Gasteiger partial charge in [0.15, 0.2) is 0 Å². The molecule has 2 saturated heterocycles. The second kappa shape index (κ2) is 9.19. The molecule has 0 aromatic heterocycles. The lowest BCUT2D eigenvalue weighted by Gasteiger charge is -2.18. The Bertz CT molecular complexity index is 500. The lowest BCUT2D eigenvalue weighted by Crippen LogP contribution is -2.30. The Morgan fingerprint density at radius 2 is 2.12 bits per heavy atom. The van der Waals surface area contributed by atoms with E-state index in [2.05, 4.69) is 29.6 Å². The number of benzene rings is 1. The highest BCUT2D eigenvalue weighted by Gasteiger charge is 2.27. The number of carbonyl (C=O) groups is 1. The van der Waals surface area contributed by atoms with Crippen molar-refractivity contribution in [2.75, 3.05) is 32.8 Å². The fraction of sp³-hybridized carbons (Fsp3) is 0.650. The van der Waals surface area contributed by atoms with E-state index in [1.807, 2.05) is 11.0 Å². The van der Waals surface area contributed by atoms with Gasteiger partial charge >= 0.3 is 0 Å². The summed E-state index contributed by atoms with van der Waals surface area (Å²) >= 11 is 0. The molecule has 1 aromatic rings. The Hall–Kier alpha value is -1.39. The average Bonchev–Trinajstić information content (AvgIpc) is 3.29. The van der Waals surface area contributed by atoms with Gasteiger partial charge in [-0.3, -0.25) is 4.79 Å². The monoisotopic (exact) mass is 330 g/mol. The van der Waals surface area contributed by atoms with Crippen molar-refractivity contribution in [3.63, 3.8) is 0 Å². The zero-order valence-electron chi connectivity index (χ0n) is 14.6. The molecule has 1 amide bonds. The summed E-state index contributed by atoms with van der Waals surface area (Å²) in [6.45, 7) is 4.63. The topological polar surface area (TPSA) is 41.6 Å². The molecule has 2 fully saturated rings. The highest BCUT2D eigenvalue weighted by Crippen LogP contribution is 2.18. The summed E-state index contributed by atoms with van der Waals surface area (Å²) in [5.74, 6) is 1.01. The van der Waals surface area contributed by atoms with E-state index in [0.29, 0.717) is 18.2 Å². The van der Waals surface area contributed by atoms with Crippen LogP contribution in [0, 0.1) is 5.92 Å². The van der Waals surface area contributed by atoms with Crippen LogP contribution in [-0.4, -0.2) is 49.7 Å². The van der Waals surface area contributed by atoms with E-state index < -0.39 is 0 Å². The molecule has 4 heteroatoms. The van der Waals surface area contributed by atoms with Gasteiger partial charge in [0.1, 0.15) is 0 Å². The number of carbonyl (C=O) groups excluding carboxylic acids is 1. The van der Waals surface area contributed by atoms with Gasteiger partial charge in [-0.15, -0.1) is 0 Å². The SMILES string of the molecule is O=C(CCC1CCNC1)N1CCC(OCCCc2ccccc2)C1. The predicted octanol–water partition coefficient (Wildman–Crippen LogP) is 2.63. The molecular formula is C20H30N2O2. The molecule has 3 rings (SSSR count). The average molecular weight is 330 g/mol. The van der Waals surface area contributed by atoms with Crippen molar-refractivity contribution in [1.29, 1.82) is 0 Å².